The van der Waals surface area contributed by atoms with Gasteiger partial charge in [-0.25, -0.2) is 0 Å². The Morgan fingerprint density at radius 3 is 2.53 bits per heavy atom. The Morgan fingerprint density at radius 2 is 2.00 bits per heavy atom. The number of carbonyl (C=O) groups excluding carboxylic acids is 2. The smallest absolute Gasteiger partial charge is 0.274 e. The molecule has 0 bridgehead atoms. The number of carbonyl (C=O) groups is 2. The summed E-state index contributed by atoms with van der Waals surface area (Å²) in [7, 11) is 4.83. The van der Waals surface area contributed by atoms with E-state index in [1.54, 1.807) is 21.1 Å². The van der Waals surface area contributed by atoms with E-state index < -0.39 is 0 Å². The van der Waals surface area contributed by atoms with Crippen LogP contribution in [0.4, 0.5) is 5.69 Å². The Balaban J connectivity index is 2.33. The summed E-state index contributed by atoms with van der Waals surface area (Å²) in [5.74, 6) is -0.345. The predicted octanol–water partition coefficient (Wildman–Crippen LogP) is 0.436. The number of hydrogen-bond acceptors (Lipinski definition) is 3. The summed E-state index contributed by atoms with van der Waals surface area (Å²) in [6.07, 6.45) is 3.20. The van der Waals surface area contributed by atoms with Crippen molar-refractivity contribution in [3.63, 3.8) is 0 Å². The van der Waals surface area contributed by atoms with E-state index in [2.05, 4.69) is 5.32 Å². The lowest BCUT2D eigenvalue weighted by Crippen LogP contribution is -2.28. The highest BCUT2D eigenvalue weighted by atomic mass is 16.2. The normalized spacial score (nSPS) is 14.1. The number of nitrogens with zero attached hydrogens (tertiary/aromatic N) is 2. The van der Waals surface area contributed by atoms with Crippen LogP contribution in [-0.2, 0) is 11.8 Å². The molecule has 1 aromatic rings. The Kier molecular flexibility index (Phi) is 3.42. The molecule has 6 nitrogen and oxygen atoms in total. The third-order valence-electron chi connectivity index (χ3n) is 3.04. The van der Waals surface area contributed by atoms with Crippen LogP contribution in [0.2, 0.25) is 0 Å². The van der Waals surface area contributed by atoms with Gasteiger partial charge in [0.15, 0.2) is 0 Å². The van der Waals surface area contributed by atoms with Crippen LogP contribution in [0.5, 0.6) is 0 Å². The third-order valence-corrected chi connectivity index (χ3v) is 3.04. The molecule has 6 heteroatoms. The fourth-order valence-corrected chi connectivity index (χ4v) is 1.76. The number of pyridine rings is 1. The van der Waals surface area contributed by atoms with Gasteiger partial charge in [-0.05, 0) is 18.9 Å². The second-order valence-electron chi connectivity index (χ2n) is 5.02. The number of nitrogens with one attached hydrogen (secondary N) is 1. The lowest BCUT2D eigenvalue weighted by atomic mass is 10.2. The lowest BCUT2D eigenvalue weighted by Gasteiger charge is -2.13. The van der Waals surface area contributed by atoms with Gasteiger partial charge in [0.05, 0.1) is 5.56 Å². The molecule has 1 aliphatic rings. The van der Waals surface area contributed by atoms with E-state index in [0.29, 0.717) is 5.56 Å². The summed E-state index contributed by atoms with van der Waals surface area (Å²) >= 11 is 0. The van der Waals surface area contributed by atoms with Gasteiger partial charge in [-0.1, -0.05) is 0 Å². The summed E-state index contributed by atoms with van der Waals surface area (Å²) in [6, 6.07) is 1.44. The van der Waals surface area contributed by atoms with Crippen molar-refractivity contribution in [3.8, 4) is 0 Å². The van der Waals surface area contributed by atoms with Gasteiger partial charge in [0.2, 0.25) is 5.91 Å². The van der Waals surface area contributed by atoms with E-state index in [1.807, 2.05) is 0 Å². The molecule has 0 radical (unpaired) electrons. The predicted molar refractivity (Wildman–Crippen MR) is 71.1 cm³/mol. The molecule has 19 heavy (non-hydrogen) atoms. The molecule has 102 valence electrons. The second kappa shape index (κ2) is 4.87. The summed E-state index contributed by atoms with van der Waals surface area (Å²) in [5.41, 5.74) is 0.217. The molecule has 0 aromatic carbocycles. The molecule has 0 atom stereocenters. The van der Waals surface area contributed by atoms with Gasteiger partial charge in [0.25, 0.3) is 11.5 Å². The maximum absolute atomic E-state index is 11.9. The molecule has 1 fully saturated rings. The highest BCUT2D eigenvalue weighted by Gasteiger charge is 2.30. The SMILES string of the molecule is CN(C)C(=O)c1cc(NC(=O)C2CC2)c(=O)n(C)c1. The second-order valence-corrected chi connectivity index (χ2v) is 5.02. The fraction of sp³-hybridized carbons (Fsp3) is 0.462. The van der Waals surface area contributed by atoms with Crippen LogP contribution in [0.25, 0.3) is 0 Å². The van der Waals surface area contributed by atoms with Crippen molar-refractivity contribution < 1.29 is 9.59 Å². The third kappa shape index (κ3) is 2.83. The highest BCUT2D eigenvalue weighted by molar-refractivity contribution is 5.97. The summed E-state index contributed by atoms with van der Waals surface area (Å²) < 4.78 is 1.30. The molecule has 1 aliphatic carbocycles. The zero-order chi connectivity index (χ0) is 14.2. The molecule has 2 amide bonds. The van der Waals surface area contributed by atoms with E-state index in [9.17, 15) is 14.4 Å². The van der Waals surface area contributed by atoms with Crippen molar-refractivity contribution in [2.24, 2.45) is 13.0 Å². The van der Waals surface area contributed by atoms with Crippen LogP contribution in [0.1, 0.15) is 23.2 Å². The molecular formula is C13H17N3O3. The van der Waals surface area contributed by atoms with Gasteiger partial charge in [-0.2, -0.15) is 0 Å². The Labute approximate surface area is 111 Å². The highest BCUT2D eigenvalue weighted by Crippen LogP contribution is 2.29. The monoisotopic (exact) mass is 263 g/mol. The minimum atomic E-state index is -0.315. The van der Waals surface area contributed by atoms with Crippen LogP contribution in [-0.4, -0.2) is 35.4 Å². The average Bonchev–Trinajstić information content (AvgIpc) is 3.17. The lowest BCUT2D eigenvalue weighted by molar-refractivity contribution is -0.117. The van der Waals surface area contributed by atoms with Crippen LogP contribution in [0.3, 0.4) is 0 Å². The van der Waals surface area contributed by atoms with Gasteiger partial charge in [0.1, 0.15) is 5.69 Å². The Bertz CT molecular complexity index is 585. The van der Waals surface area contributed by atoms with Crippen LogP contribution in [0, 0.1) is 5.92 Å². The first-order valence-electron chi connectivity index (χ1n) is 6.13. The summed E-state index contributed by atoms with van der Waals surface area (Å²) in [4.78, 5) is 36.9. The molecule has 2 rings (SSSR count). The number of hydrogen-bond donors (Lipinski definition) is 1. The van der Waals surface area contributed by atoms with Crippen LogP contribution >= 0.6 is 0 Å². The topological polar surface area (TPSA) is 71.4 Å². The van der Waals surface area contributed by atoms with Crippen molar-refractivity contribution in [1.29, 1.82) is 0 Å². The standard InChI is InChI=1S/C13H17N3O3/c1-15(2)12(18)9-6-10(13(19)16(3)7-9)14-11(17)8-4-5-8/h6-8H,4-5H2,1-3H3,(H,14,17). The van der Waals surface area contributed by atoms with E-state index >= 15 is 0 Å². The van der Waals surface area contributed by atoms with Gasteiger partial charge < -0.3 is 14.8 Å². The largest absolute Gasteiger partial charge is 0.345 e. The molecule has 0 unspecified atom stereocenters. The van der Waals surface area contributed by atoms with Crippen molar-refractivity contribution >= 4 is 17.5 Å². The quantitative estimate of drug-likeness (QED) is 0.860. The number of anilines is 1. The number of aromatic nitrogens is 1. The molecule has 0 aliphatic heterocycles. The Hall–Kier alpha value is -2.11. The minimum Gasteiger partial charge on any atom is -0.345 e. The van der Waals surface area contributed by atoms with Crippen LogP contribution in [0.15, 0.2) is 17.1 Å². The zero-order valence-electron chi connectivity index (χ0n) is 11.3. The Morgan fingerprint density at radius 1 is 1.37 bits per heavy atom. The van der Waals surface area contributed by atoms with Crippen molar-refractivity contribution in [3.05, 3.63) is 28.2 Å². The van der Waals surface area contributed by atoms with E-state index in [-0.39, 0.29) is 29.0 Å². The first-order chi connectivity index (χ1) is 8.90. The van der Waals surface area contributed by atoms with Gasteiger partial charge in [-0.15, -0.1) is 0 Å². The number of aryl methyl sites for hydroxylation is 1. The van der Waals surface area contributed by atoms with E-state index in [4.69, 9.17) is 0 Å². The van der Waals surface area contributed by atoms with Crippen molar-refractivity contribution in [2.45, 2.75) is 12.8 Å². The van der Waals surface area contributed by atoms with Crippen molar-refractivity contribution in [2.75, 3.05) is 19.4 Å². The summed E-state index contributed by atoms with van der Waals surface area (Å²) in [5, 5.41) is 2.60. The number of amides is 2. The zero-order valence-corrected chi connectivity index (χ0v) is 11.3. The van der Waals surface area contributed by atoms with Crippen LogP contribution < -0.4 is 10.9 Å². The molecule has 0 spiro atoms. The first kappa shape index (κ1) is 13.3. The molecule has 1 aromatic heterocycles. The first-order valence-corrected chi connectivity index (χ1v) is 6.13. The molecule has 1 saturated carbocycles. The minimum absolute atomic E-state index is 0.0120. The molecule has 1 heterocycles. The maximum Gasteiger partial charge on any atom is 0.274 e. The van der Waals surface area contributed by atoms with Gasteiger partial charge >= 0.3 is 0 Å². The summed E-state index contributed by atoms with van der Waals surface area (Å²) in [6.45, 7) is 0. The van der Waals surface area contributed by atoms with Gasteiger partial charge in [0, 0.05) is 33.3 Å². The maximum atomic E-state index is 11.9. The van der Waals surface area contributed by atoms with E-state index in [1.165, 1.54) is 21.7 Å². The molecular weight excluding hydrogens is 246 g/mol. The van der Waals surface area contributed by atoms with Gasteiger partial charge in [-0.3, -0.25) is 14.4 Å². The number of rotatable bonds is 3. The van der Waals surface area contributed by atoms with E-state index in [0.717, 1.165) is 12.8 Å². The molecule has 1 N–H and O–H groups in total. The molecule has 0 saturated heterocycles. The fourth-order valence-electron chi connectivity index (χ4n) is 1.76. The van der Waals surface area contributed by atoms with Crippen molar-refractivity contribution in [1.82, 2.24) is 9.47 Å². The average molecular weight is 263 g/mol.